The van der Waals surface area contributed by atoms with E-state index >= 15 is 0 Å². The molecule has 0 aromatic heterocycles. The molecule has 1 N–H and O–H groups in total. The summed E-state index contributed by atoms with van der Waals surface area (Å²) in [5.74, 6) is -0.285. The summed E-state index contributed by atoms with van der Waals surface area (Å²) in [7, 11) is 0. The molecule has 2 heterocycles. The molecule has 4 rings (SSSR count). The second kappa shape index (κ2) is 7.21. The third-order valence-corrected chi connectivity index (χ3v) is 6.15. The lowest BCUT2D eigenvalue weighted by Crippen LogP contribution is -2.52. The lowest BCUT2D eigenvalue weighted by atomic mass is 9.77. The van der Waals surface area contributed by atoms with E-state index in [0.29, 0.717) is 12.8 Å². The first-order valence-electron chi connectivity index (χ1n) is 9.86. The average molecular weight is 383 g/mol. The number of hydrogen-bond donors (Lipinski definition) is 1. The van der Waals surface area contributed by atoms with Crippen LogP contribution in [0.25, 0.3) is 0 Å². The van der Waals surface area contributed by atoms with E-state index in [4.69, 9.17) is 4.74 Å². The average Bonchev–Trinajstić information content (AvgIpc) is 2.92. The Balaban J connectivity index is 1.51. The number of nitrogens with zero attached hydrogens (tertiary/aromatic N) is 1. The molecule has 2 atom stereocenters. The van der Waals surface area contributed by atoms with Gasteiger partial charge in [0.15, 0.2) is 0 Å². The van der Waals surface area contributed by atoms with Crippen molar-refractivity contribution in [3.05, 3.63) is 70.5 Å². The zero-order valence-corrected chi connectivity index (χ0v) is 16.3. The van der Waals surface area contributed by atoms with Crippen LogP contribution in [0.3, 0.4) is 0 Å². The number of aliphatic hydroxyl groups is 1. The lowest BCUT2D eigenvalue weighted by Gasteiger charge is -2.44. The highest BCUT2D eigenvalue weighted by Gasteiger charge is 2.51. The van der Waals surface area contributed by atoms with Crippen molar-refractivity contribution < 1.29 is 19.0 Å². The molecule has 2 aromatic rings. The molecule has 0 aliphatic carbocycles. The molecule has 2 unspecified atom stereocenters. The quantitative estimate of drug-likeness (QED) is 0.843. The Morgan fingerprint density at radius 1 is 1.14 bits per heavy atom. The first-order chi connectivity index (χ1) is 13.4. The Bertz CT molecular complexity index is 846. The molecule has 2 aliphatic heterocycles. The van der Waals surface area contributed by atoms with Crippen molar-refractivity contribution in [2.45, 2.75) is 63.8 Å². The Kier molecular flexibility index (Phi) is 4.88. The van der Waals surface area contributed by atoms with Gasteiger partial charge in [-0.15, -0.1) is 0 Å². The minimum atomic E-state index is -1.04. The van der Waals surface area contributed by atoms with Gasteiger partial charge in [0.1, 0.15) is 12.4 Å². The van der Waals surface area contributed by atoms with Gasteiger partial charge in [-0.3, -0.25) is 0 Å². The largest absolute Gasteiger partial charge is 0.445 e. The number of amides is 1. The van der Waals surface area contributed by atoms with Crippen LogP contribution in [0.1, 0.15) is 47.9 Å². The number of hydrogen-bond acceptors (Lipinski definition) is 3. The van der Waals surface area contributed by atoms with Gasteiger partial charge in [-0.25, -0.2) is 9.18 Å². The maximum Gasteiger partial charge on any atom is 0.410 e. The molecule has 2 aliphatic rings. The number of halogens is 1. The predicted octanol–water partition coefficient (Wildman–Crippen LogP) is 4.59. The molecule has 0 saturated carbocycles. The minimum absolute atomic E-state index is 0.0594. The normalized spacial score (nSPS) is 26.4. The zero-order valence-electron chi connectivity index (χ0n) is 16.3. The Morgan fingerprint density at radius 3 is 2.29 bits per heavy atom. The van der Waals surface area contributed by atoms with Crippen LogP contribution in [-0.2, 0) is 16.9 Å². The second-order valence-electron chi connectivity index (χ2n) is 8.19. The topological polar surface area (TPSA) is 49.8 Å². The molecule has 2 bridgehead atoms. The van der Waals surface area contributed by atoms with Gasteiger partial charge in [0.2, 0.25) is 0 Å². The third kappa shape index (κ3) is 3.39. The molecule has 148 valence electrons. The van der Waals surface area contributed by atoms with E-state index in [1.165, 1.54) is 12.1 Å². The van der Waals surface area contributed by atoms with Crippen LogP contribution in [0.5, 0.6) is 0 Å². The number of carbonyl (C=O) groups excluding carboxylic acids is 1. The summed E-state index contributed by atoms with van der Waals surface area (Å²) in [6, 6.07) is 12.4. The SMILES string of the molecule is Cc1cc(F)cc(C)c1C1(O)CC2CCC(C1)N2C(=O)OCc1ccccc1. The standard InChI is InChI=1S/C23H26FNO3/c1-15-10-18(24)11-16(2)21(15)23(27)12-19-8-9-20(13-23)25(19)22(26)28-14-17-6-4-3-5-7-17/h3-7,10-11,19-20,27H,8-9,12-14H2,1-2H3. The van der Waals surface area contributed by atoms with Gasteiger partial charge in [0.05, 0.1) is 5.60 Å². The number of benzene rings is 2. The van der Waals surface area contributed by atoms with Crippen molar-refractivity contribution >= 4 is 6.09 Å². The summed E-state index contributed by atoms with van der Waals surface area (Å²) < 4.78 is 19.2. The van der Waals surface area contributed by atoms with Crippen molar-refractivity contribution in [3.8, 4) is 0 Å². The molecule has 28 heavy (non-hydrogen) atoms. The first kappa shape index (κ1) is 18.9. The molecular weight excluding hydrogens is 357 g/mol. The Labute approximate surface area is 164 Å². The molecule has 2 fully saturated rings. The third-order valence-electron chi connectivity index (χ3n) is 6.15. The highest BCUT2D eigenvalue weighted by molar-refractivity contribution is 5.69. The van der Waals surface area contributed by atoms with E-state index < -0.39 is 5.60 Å². The fourth-order valence-electron chi connectivity index (χ4n) is 5.17. The molecule has 2 aromatic carbocycles. The molecule has 5 heteroatoms. The van der Waals surface area contributed by atoms with Crippen molar-refractivity contribution in [1.29, 1.82) is 0 Å². The van der Waals surface area contributed by atoms with E-state index in [0.717, 1.165) is 35.1 Å². The van der Waals surface area contributed by atoms with E-state index in [1.807, 2.05) is 49.1 Å². The molecule has 1 amide bonds. The molecule has 0 spiro atoms. The highest BCUT2D eigenvalue weighted by atomic mass is 19.1. The number of fused-ring (bicyclic) bond motifs is 2. The van der Waals surface area contributed by atoms with Crippen molar-refractivity contribution in [1.82, 2.24) is 4.90 Å². The van der Waals surface area contributed by atoms with Crippen LogP contribution in [0.4, 0.5) is 9.18 Å². The number of rotatable bonds is 3. The summed E-state index contributed by atoms with van der Waals surface area (Å²) in [6.45, 7) is 3.92. The van der Waals surface area contributed by atoms with Crippen LogP contribution in [-0.4, -0.2) is 28.2 Å². The monoisotopic (exact) mass is 383 g/mol. The maximum atomic E-state index is 13.7. The van der Waals surface area contributed by atoms with Crippen LogP contribution in [0.2, 0.25) is 0 Å². The zero-order chi connectivity index (χ0) is 19.9. The molecule has 2 saturated heterocycles. The highest BCUT2D eigenvalue weighted by Crippen LogP contribution is 2.47. The number of piperidine rings is 1. The van der Waals surface area contributed by atoms with Crippen molar-refractivity contribution in [3.63, 3.8) is 0 Å². The molecule has 4 nitrogen and oxygen atoms in total. The Morgan fingerprint density at radius 2 is 1.71 bits per heavy atom. The van der Waals surface area contributed by atoms with Crippen molar-refractivity contribution in [2.75, 3.05) is 0 Å². The number of carbonyl (C=O) groups is 1. The first-order valence-corrected chi connectivity index (χ1v) is 9.86. The van der Waals surface area contributed by atoms with Crippen LogP contribution < -0.4 is 0 Å². The van der Waals surface area contributed by atoms with E-state index in [1.54, 1.807) is 0 Å². The van der Waals surface area contributed by atoms with Gasteiger partial charge in [-0.1, -0.05) is 30.3 Å². The van der Waals surface area contributed by atoms with Crippen molar-refractivity contribution in [2.24, 2.45) is 0 Å². The van der Waals surface area contributed by atoms with Gasteiger partial charge in [0, 0.05) is 24.9 Å². The van der Waals surface area contributed by atoms with Crippen LogP contribution >= 0.6 is 0 Å². The fourth-order valence-corrected chi connectivity index (χ4v) is 5.17. The number of ether oxygens (including phenoxy) is 1. The van der Waals surface area contributed by atoms with E-state index in [2.05, 4.69) is 0 Å². The molecule has 0 radical (unpaired) electrons. The summed E-state index contributed by atoms with van der Waals surface area (Å²) in [4.78, 5) is 14.5. The van der Waals surface area contributed by atoms with Gasteiger partial charge in [-0.05, 0) is 61.1 Å². The van der Waals surface area contributed by atoms with E-state index in [-0.39, 0.29) is 30.6 Å². The summed E-state index contributed by atoms with van der Waals surface area (Å²) in [6.07, 6.45) is 2.31. The van der Waals surface area contributed by atoms with Gasteiger partial charge in [0.25, 0.3) is 0 Å². The second-order valence-corrected chi connectivity index (χ2v) is 8.19. The Hall–Kier alpha value is -2.40. The predicted molar refractivity (Wildman–Crippen MR) is 104 cm³/mol. The number of aryl methyl sites for hydroxylation is 2. The maximum absolute atomic E-state index is 13.7. The lowest BCUT2D eigenvalue weighted by molar-refractivity contribution is -0.0544. The van der Waals surface area contributed by atoms with E-state index in [9.17, 15) is 14.3 Å². The minimum Gasteiger partial charge on any atom is -0.445 e. The van der Waals surface area contributed by atoms with Gasteiger partial charge >= 0.3 is 6.09 Å². The summed E-state index contributed by atoms with van der Waals surface area (Å²) in [5.41, 5.74) is 2.25. The summed E-state index contributed by atoms with van der Waals surface area (Å²) >= 11 is 0. The van der Waals surface area contributed by atoms with Crippen LogP contribution in [0.15, 0.2) is 42.5 Å². The smallest absolute Gasteiger partial charge is 0.410 e. The fraction of sp³-hybridized carbons (Fsp3) is 0.435. The van der Waals surface area contributed by atoms with Gasteiger partial charge < -0.3 is 14.7 Å². The molecular formula is C23H26FNO3. The summed E-state index contributed by atoms with van der Waals surface area (Å²) in [5, 5.41) is 11.5. The van der Waals surface area contributed by atoms with Crippen LogP contribution in [0, 0.1) is 19.7 Å². The van der Waals surface area contributed by atoms with Gasteiger partial charge in [-0.2, -0.15) is 0 Å².